The van der Waals surface area contributed by atoms with Gasteiger partial charge in [-0.2, -0.15) is 0 Å². The van der Waals surface area contributed by atoms with Crippen LogP contribution in [0, 0.1) is 5.92 Å². The number of allylic oxidation sites excluding steroid dienone is 2. The van der Waals surface area contributed by atoms with Crippen LogP contribution in [-0.2, 0) is 14.3 Å². The molecule has 144 valence electrons. The first-order valence-electron chi connectivity index (χ1n) is 9.33. The zero-order chi connectivity index (χ0) is 19.1. The number of methoxy groups -OCH3 is 1. The molecule has 1 aliphatic heterocycles. The van der Waals surface area contributed by atoms with Crippen LogP contribution in [0.5, 0.6) is 0 Å². The number of esters is 1. The molecule has 1 aromatic rings. The number of anilines is 1. The van der Waals surface area contributed by atoms with Gasteiger partial charge in [-0.3, -0.25) is 9.69 Å². The lowest BCUT2D eigenvalue weighted by atomic mass is 9.95. The zero-order valence-corrected chi connectivity index (χ0v) is 15.7. The van der Waals surface area contributed by atoms with Crippen LogP contribution in [0.4, 0.5) is 10.5 Å². The Balaban J connectivity index is 1.66. The van der Waals surface area contributed by atoms with Crippen LogP contribution in [0.3, 0.4) is 0 Å². The Morgan fingerprint density at radius 3 is 2.59 bits per heavy atom. The van der Waals surface area contributed by atoms with Gasteiger partial charge in [0.05, 0.1) is 26.2 Å². The molecular formula is C21H26N2O4. The molecule has 1 atom stereocenters. The summed E-state index contributed by atoms with van der Waals surface area (Å²) in [6.45, 7) is 2.98. The van der Waals surface area contributed by atoms with E-state index in [2.05, 4.69) is 6.08 Å². The van der Waals surface area contributed by atoms with E-state index in [1.807, 2.05) is 52.3 Å². The molecule has 3 rings (SSSR count). The fourth-order valence-corrected chi connectivity index (χ4v) is 3.29. The maximum atomic E-state index is 13.0. The molecule has 1 heterocycles. The second-order valence-electron chi connectivity index (χ2n) is 6.62. The van der Waals surface area contributed by atoms with E-state index in [0.29, 0.717) is 39.3 Å². The summed E-state index contributed by atoms with van der Waals surface area (Å²) in [4.78, 5) is 28.3. The number of hydrogen-bond donors (Lipinski definition) is 0. The SMILES string of the molecule is COC(=O)C1C=CC(CCN(C(=O)N2CCOCC2)c2ccccc2)=CC1. The van der Waals surface area contributed by atoms with Crippen molar-refractivity contribution in [2.45, 2.75) is 12.8 Å². The topological polar surface area (TPSA) is 59.1 Å². The molecule has 1 unspecified atom stereocenters. The number of ether oxygens (including phenoxy) is 2. The molecule has 0 aromatic heterocycles. The van der Waals surface area contributed by atoms with Crippen LogP contribution in [-0.4, -0.2) is 56.9 Å². The monoisotopic (exact) mass is 370 g/mol. The second-order valence-corrected chi connectivity index (χ2v) is 6.62. The predicted octanol–water partition coefficient (Wildman–Crippen LogP) is 3.01. The van der Waals surface area contributed by atoms with Gasteiger partial charge < -0.3 is 14.4 Å². The maximum Gasteiger partial charge on any atom is 0.324 e. The molecule has 6 nitrogen and oxygen atoms in total. The first kappa shape index (κ1) is 19.2. The van der Waals surface area contributed by atoms with Crippen molar-refractivity contribution in [2.75, 3.05) is 44.9 Å². The van der Waals surface area contributed by atoms with Gasteiger partial charge in [0.1, 0.15) is 0 Å². The normalized spacial score (nSPS) is 19.4. The van der Waals surface area contributed by atoms with Crippen LogP contribution in [0.25, 0.3) is 0 Å². The lowest BCUT2D eigenvalue weighted by molar-refractivity contribution is -0.143. The molecule has 0 spiro atoms. The van der Waals surface area contributed by atoms with Gasteiger partial charge in [0.2, 0.25) is 0 Å². The highest BCUT2D eigenvalue weighted by Gasteiger charge is 2.24. The van der Waals surface area contributed by atoms with Gasteiger partial charge >= 0.3 is 12.0 Å². The van der Waals surface area contributed by atoms with Crippen molar-refractivity contribution < 1.29 is 19.1 Å². The third-order valence-electron chi connectivity index (χ3n) is 4.88. The van der Waals surface area contributed by atoms with Crippen molar-refractivity contribution in [1.82, 2.24) is 4.90 Å². The molecule has 6 heteroatoms. The molecular weight excluding hydrogens is 344 g/mol. The summed E-state index contributed by atoms with van der Waals surface area (Å²) in [5, 5.41) is 0. The number of hydrogen-bond acceptors (Lipinski definition) is 4. The van der Waals surface area contributed by atoms with Gasteiger partial charge in [-0.15, -0.1) is 0 Å². The molecule has 0 saturated carbocycles. The summed E-state index contributed by atoms with van der Waals surface area (Å²) in [7, 11) is 1.41. The fourth-order valence-electron chi connectivity index (χ4n) is 3.29. The minimum Gasteiger partial charge on any atom is -0.469 e. The molecule has 1 fully saturated rings. The van der Waals surface area contributed by atoms with E-state index in [1.54, 1.807) is 0 Å². The zero-order valence-electron chi connectivity index (χ0n) is 15.7. The van der Waals surface area contributed by atoms with E-state index in [1.165, 1.54) is 7.11 Å². The molecule has 0 bridgehead atoms. The number of urea groups is 1. The van der Waals surface area contributed by atoms with E-state index >= 15 is 0 Å². The molecule has 1 aliphatic carbocycles. The molecule has 27 heavy (non-hydrogen) atoms. The second kappa shape index (κ2) is 9.37. The summed E-state index contributed by atoms with van der Waals surface area (Å²) in [6.07, 6.45) is 7.28. The lowest BCUT2D eigenvalue weighted by Gasteiger charge is -2.33. The Kier molecular flexibility index (Phi) is 6.65. The van der Waals surface area contributed by atoms with Crippen molar-refractivity contribution in [1.29, 1.82) is 0 Å². The van der Waals surface area contributed by atoms with E-state index < -0.39 is 0 Å². The average Bonchev–Trinajstić information content (AvgIpc) is 2.75. The quantitative estimate of drug-likeness (QED) is 0.748. The molecule has 0 N–H and O–H groups in total. The van der Waals surface area contributed by atoms with Gasteiger partial charge in [-0.1, -0.05) is 42.0 Å². The highest BCUT2D eigenvalue weighted by molar-refractivity contribution is 5.92. The largest absolute Gasteiger partial charge is 0.469 e. The van der Waals surface area contributed by atoms with Crippen molar-refractivity contribution in [3.05, 3.63) is 54.1 Å². The van der Waals surface area contributed by atoms with Gasteiger partial charge in [0, 0.05) is 25.3 Å². The Morgan fingerprint density at radius 1 is 1.22 bits per heavy atom. The highest BCUT2D eigenvalue weighted by atomic mass is 16.5. The minimum atomic E-state index is -0.213. The number of carbonyl (C=O) groups is 2. The van der Waals surface area contributed by atoms with E-state index in [-0.39, 0.29) is 17.9 Å². The molecule has 1 saturated heterocycles. The first-order valence-corrected chi connectivity index (χ1v) is 9.33. The van der Waals surface area contributed by atoms with Gasteiger partial charge in [0.15, 0.2) is 0 Å². The predicted molar refractivity (Wildman–Crippen MR) is 104 cm³/mol. The van der Waals surface area contributed by atoms with Crippen LogP contribution in [0.2, 0.25) is 0 Å². The van der Waals surface area contributed by atoms with Crippen molar-refractivity contribution >= 4 is 17.7 Å². The summed E-state index contributed by atoms with van der Waals surface area (Å²) >= 11 is 0. The summed E-state index contributed by atoms with van der Waals surface area (Å²) in [5.41, 5.74) is 2.02. The lowest BCUT2D eigenvalue weighted by Crippen LogP contribution is -2.48. The Labute approximate surface area is 160 Å². The third-order valence-corrected chi connectivity index (χ3v) is 4.88. The minimum absolute atomic E-state index is 0.0114. The number of nitrogens with zero attached hydrogens (tertiary/aromatic N) is 2. The Hall–Kier alpha value is -2.60. The van der Waals surface area contributed by atoms with Crippen LogP contribution >= 0.6 is 0 Å². The maximum absolute atomic E-state index is 13.0. The first-order chi connectivity index (χ1) is 13.2. The smallest absolute Gasteiger partial charge is 0.324 e. The summed E-state index contributed by atoms with van der Waals surface area (Å²) in [5.74, 6) is -0.422. The standard InChI is InChI=1S/C21H26N2O4/c1-26-20(24)18-9-7-17(8-10-18)11-12-23(19-5-3-2-4-6-19)21(25)22-13-15-27-16-14-22/h2-9,18H,10-16H2,1H3. The van der Waals surface area contributed by atoms with Gasteiger partial charge in [-0.05, 0) is 25.0 Å². The third kappa shape index (κ3) is 4.98. The number of rotatable bonds is 5. The summed E-state index contributed by atoms with van der Waals surface area (Å²) < 4.78 is 10.2. The number of carbonyl (C=O) groups excluding carboxylic acids is 2. The molecule has 0 radical (unpaired) electrons. The summed E-state index contributed by atoms with van der Waals surface area (Å²) in [6, 6.07) is 9.75. The van der Waals surface area contributed by atoms with Gasteiger partial charge in [-0.25, -0.2) is 4.79 Å². The Morgan fingerprint density at radius 2 is 1.96 bits per heavy atom. The average molecular weight is 370 g/mol. The molecule has 2 aliphatic rings. The number of amides is 2. The van der Waals surface area contributed by atoms with Gasteiger partial charge in [0.25, 0.3) is 0 Å². The Bertz CT molecular complexity index is 708. The number of benzene rings is 1. The number of para-hydroxylation sites is 1. The van der Waals surface area contributed by atoms with Crippen molar-refractivity contribution in [3.8, 4) is 0 Å². The van der Waals surface area contributed by atoms with Crippen LogP contribution in [0.1, 0.15) is 12.8 Å². The molecule has 2 amide bonds. The van der Waals surface area contributed by atoms with E-state index in [0.717, 1.165) is 17.7 Å². The fraction of sp³-hybridized carbons (Fsp3) is 0.429. The molecule has 1 aromatic carbocycles. The van der Waals surface area contributed by atoms with E-state index in [4.69, 9.17) is 9.47 Å². The van der Waals surface area contributed by atoms with Crippen molar-refractivity contribution in [2.24, 2.45) is 5.92 Å². The van der Waals surface area contributed by atoms with Crippen LogP contribution in [0.15, 0.2) is 54.1 Å². The van der Waals surface area contributed by atoms with Crippen molar-refractivity contribution in [3.63, 3.8) is 0 Å². The number of morpholine rings is 1. The highest BCUT2D eigenvalue weighted by Crippen LogP contribution is 2.22. The van der Waals surface area contributed by atoms with E-state index in [9.17, 15) is 9.59 Å². The van der Waals surface area contributed by atoms with Crippen LogP contribution < -0.4 is 4.90 Å².